The van der Waals surface area contributed by atoms with Crippen LogP contribution in [0, 0.1) is 5.95 Å². The van der Waals surface area contributed by atoms with Crippen molar-refractivity contribution in [3.63, 3.8) is 0 Å². The Hall–Kier alpha value is -1.76. The molecule has 0 radical (unpaired) electrons. The van der Waals surface area contributed by atoms with Crippen LogP contribution in [0.4, 0.5) is 10.2 Å². The molecule has 2 aromatic rings. The first-order chi connectivity index (χ1) is 10.1. The molecule has 3 N–H and O–H groups in total. The van der Waals surface area contributed by atoms with Crippen LogP contribution in [0.2, 0.25) is 5.02 Å². The second-order valence-corrected chi connectivity index (χ2v) is 5.23. The summed E-state index contributed by atoms with van der Waals surface area (Å²) in [6.45, 7) is 1.99. The topological polar surface area (TPSA) is 73.1 Å². The van der Waals surface area contributed by atoms with E-state index in [1.807, 2.05) is 12.1 Å². The normalized spacial score (nSPS) is 18.7. The molecule has 1 aliphatic heterocycles. The molecular weight excluding hydrogens is 295 g/mol. The molecule has 0 amide bonds. The number of hydrogen-bond donors (Lipinski definition) is 2. The van der Waals surface area contributed by atoms with Crippen molar-refractivity contribution in [1.29, 1.82) is 0 Å². The first-order valence-corrected chi connectivity index (χ1v) is 6.91. The number of aromatic nitrogens is 2. The van der Waals surface area contributed by atoms with Gasteiger partial charge in [0.05, 0.1) is 25.5 Å². The fraction of sp³-hybridized carbons (Fsp3) is 0.286. The molecule has 2 heterocycles. The van der Waals surface area contributed by atoms with Gasteiger partial charge in [0.2, 0.25) is 5.95 Å². The highest BCUT2D eigenvalue weighted by Crippen LogP contribution is 2.28. The zero-order chi connectivity index (χ0) is 14.8. The highest BCUT2D eigenvalue weighted by molar-refractivity contribution is 6.31. The number of nitrogen functional groups attached to an aromatic ring is 1. The van der Waals surface area contributed by atoms with Gasteiger partial charge in [-0.15, -0.1) is 0 Å². The lowest BCUT2D eigenvalue weighted by Crippen LogP contribution is -2.34. The van der Waals surface area contributed by atoms with E-state index in [4.69, 9.17) is 22.1 Å². The van der Waals surface area contributed by atoms with Crippen molar-refractivity contribution in [2.24, 2.45) is 0 Å². The Labute approximate surface area is 126 Å². The number of ether oxygens (including phenoxy) is 1. The van der Waals surface area contributed by atoms with Gasteiger partial charge in [0.15, 0.2) is 0 Å². The smallest absolute Gasteiger partial charge is 0.239 e. The molecule has 21 heavy (non-hydrogen) atoms. The Morgan fingerprint density at radius 3 is 3.00 bits per heavy atom. The maximum atomic E-state index is 13.8. The Balaban J connectivity index is 2.02. The maximum Gasteiger partial charge on any atom is 0.239 e. The highest BCUT2D eigenvalue weighted by atomic mass is 35.5. The van der Waals surface area contributed by atoms with Gasteiger partial charge < -0.3 is 15.8 Å². The minimum absolute atomic E-state index is 0.0216. The molecule has 1 unspecified atom stereocenters. The summed E-state index contributed by atoms with van der Waals surface area (Å²) in [5, 5.41) is 3.83. The first kappa shape index (κ1) is 14.2. The van der Waals surface area contributed by atoms with Gasteiger partial charge in [-0.2, -0.15) is 4.39 Å². The summed E-state index contributed by atoms with van der Waals surface area (Å²) in [6, 6.07) is 5.31. The lowest BCUT2D eigenvalue weighted by molar-refractivity contribution is 0.0769. The Morgan fingerprint density at radius 2 is 2.24 bits per heavy atom. The Morgan fingerprint density at radius 1 is 1.38 bits per heavy atom. The van der Waals surface area contributed by atoms with Gasteiger partial charge in [0.1, 0.15) is 11.5 Å². The van der Waals surface area contributed by atoms with Gasteiger partial charge in [-0.25, -0.2) is 9.97 Å². The Bertz CT molecular complexity index is 661. The van der Waals surface area contributed by atoms with Gasteiger partial charge in [0, 0.05) is 17.1 Å². The van der Waals surface area contributed by atoms with Crippen LogP contribution in [0.15, 0.2) is 24.4 Å². The molecular formula is C14H14ClFN4O. The van der Waals surface area contributed by atoms with Crippen LogP contribution < -0.4 is 11.1 Å². The van der Waals surface area contributed by atoms with E-state index in [1.165, 1.54) is 6.20 Å². The van der Waals surface area contributed by atoms with Gasteiger partial charge in [0.25, 0.3) is 0 Å². The van der Waals surface area contributed by atoms with Crippen molar-refractivity contribution in [2.75, 3.05) is 25.5 Å². The second-order valence-electron chi connectivity index (χ2n) is 4.79. The molecule has 1 saturated heterocycles. The number of morpholine rings is 1. The van der Waals surface area contributed by atoms with E-state index in [2.05, 4.69) is 15.3 Å². The molecule has 1 aromatic heterocycles. The van der Waals surface area contributed by atoms with Gasteiger partial charge >= 0.3 is 0 Å². The number of nitrogens with two attached hydrogens (primary N) is 1. The average molecular weight is 309 g/mol. The summed E-state index contributed by atoms with van der Waals surface area (Å²) in [7, 11) is 0. The lowest BCUT2D eigenvalue weighted by Gasteiger charge is -2.24. The summed E-state index contributed by atoms with van der Waals surface area (Å²) < 4.78 is 19.3. The van der Waals surface area contributed by atoms with Crippen LogP contribution in [0.25, 0.3) is 11.3 Å². The van der Waals surface area contributed by atoms with E-state index in [1.54, 1.807) is 6.07 Å². The fourth-order valence-electron chi connectivity index (χ4n) is 2.30. The van der Waals surface area contributed by atoms with Crippen LogP contribution in [-0.4, -0.2) is 29.7 Å². The van der Waals surface area contributed by atoms with Gasteiger partial charge in [-0.3, -0.25) is 0 Å². The first-order valence-electron chi connectivity index (χ1n) is 6.53. The van der Waals surface area contributed by atoms with Crippen molar-refractivity contribution >= 4 is 17.4 Å². The minimum Gasteiger partial charge on any atom is -0.382 e. The number of rotatable bonds is 2. The lowest BCUT2D eigenvalue weighted by atomic mass is 10.0. The van der Waals surface area contributed by atoms with Crippen molar-refractivity contribution in [3.8, 4) is 11.3 Å². The molecule has 1 aliphatic rings. The van der Waals surface area contributed by atoms with Crippen LogP contribution in [0.5, 0.6) is 0 Å². The van der Waals surface area contributed by atoms with Gasteiger partial charge in [-0.1, -0.05) is 11.6 Å². The van der Waals surface area contributed by atoms with E-state index in [0.29, 0.717) is 23.8 Å². The molecule has 0 aliphatic carbocycles. The molecule has 3 rings (SSSR count). The van der Waals surface area contributed by atoms with Crippen molar-refractivity contribution < 1.29 is 9.13 Å². The fourth-order valence-corrected chi connectivity index (χ4v) is 2.54. The molecule has 7 heteroatoms. The quantitative estimate of drug-likeness (QED) is 0.889. The Kier molecular flexibility index (Phi) is 4.01. The summed E-state index contributed by atoms with van der Waals surface area (Å²) >= 11 is 6.14. The maximum absolute atomic E-state index is 13.8. The van der Waals surface area contributed by atoms with Crippen molar-refractivity contribution in [3.05, 3.63) is 40.9 Å². The predicted octanol–water partition coefficient (Wildman–Crippen LogP) is 2.18. The number of halogens is 2. The van der Waals surface area contributed by atoms with E-state index >= 15 is 0 Å². The van der Waals surface area contributed by atoms with E-state index < -0.39 is 5.95 Å². The predicted molar refractivity (Wildman–Crippen MR) is 78.4 cm³/mol. The number of anilines is 1. The molecule has 0 saturated carbocycles. The third-order valence-corrected chi connectivity index (χ3v) is 3.48. The molecule has 1 atom stereocenters. The summed E-state index contributed by atoms with van der Waals surface area (Å²) in [4.78, 5) is 7.59. The molecule has 1 aromatic carbocycles. The van der Waals surface area contributed by atoms with Crippen LogP contribution in [-0.2, 0) is 4.74 Å². The van der Waals surface area contributed by atoms with Crippen molar-refractivity contribution in [2.45, 2.75) is 6.04 Å². The van der Waals surface area contributed by atoms with Crippen molar-refractivity contribution in [1.82, 2.24) is 15.3 Å². The summed E-state index contributed by atoms with van der Waals surface area (Å²) in [5.41, 5.74) is 7.13. The SMILES string of the molecule is Nc1cnc(F)c(-c2cc(Cl)cc(C3COCCN3)c2)n1. The largest absolute Gasteiger partial charge is 0.382 e. The van der Waals surface area contributed by atoms with E-state index in [0.717, 1.165) is 12.1 Å². The van der Waals surface area contributed by atoms with Crippen LogP contribution in [0.1, 0.15) is 11.6 Å². The van der Waals surface area contributed by atoms with Gasteiger partial charge in [-0.05, 0) is 23.8 Å². The molecule has 1 fully saturated rings. The zero-order valence-corrected chi connectivity index (χ0v) is 11.9. The zero-order valence-electron chi connectivity index (χ0n) is 11.1. The third kappa shape index (κ3) is 3.12. The molecule has 0 spiro atoms. The van der Waals surface area contributed by atoms with Crippen LogP contribution >= 0.6 is 11.6 Å². The molecule has 110 valence electrons. The summed E-state index contributed by atoms with van der Waals surface area (Å²) in [6.07, 6.45) is 1.18. The number of nitrogens with one attached hydrogen (secondary N) is 1. The molecule has 0 bridgehead atoms. The number of nitrogens with zero attached hydrogens (tertiary/aromatic N) is 2. The number of benzene rings is 1. The van der Waals surface area contributed by atoms with Crippen LogP contribution in [0.3, 0.4) is 0 Å². The van der Waals surface area contributed by atoms with E-state index in [-0.39, 0.29) is 17.6 Å². The highest BCUT2D eigenvalue weighted by Gasteiger charge is 2.18. The minimum atomic E-state index is -0.676. The standard InChI is InChI=1S/C14H14ClFN4O/c15-10-4-8(11-7-21-2-1-18-11)3-9(5-10)13-14(16)19-6-12(17)20-13/h3-6,11,18H,1-2,7H2,(H2,17,20). The second kappa shape index (κ2) is 5.93. The summed E-state index contributed by atoms with van der Waals surface area (Å²) in [5.74, 6) is -0.516. The number of hydrogen-bond acceptors (Lipinski definition) is 5. The average Bonchev–Trinajstić information content (AvgIpc) is 2.50. The third-order valence-electron chi connectivity index (χ3n) is 3.26. The molecule has 5 nitrogen and oxygen atoms in total. The monoisotopic (exact) mass is 308 g/mol. The van der Waals surface area contributed by atoms with E-state index in [9.17, 15) is 4.39 Å².